The molecule has 2 unspecified atom stereocenters. The fourth-order valence-corrected chi connectivity index (χ4v) is 6.25. The number of oxazole rings is 1. The summed E-state index contributed by atoms with van der Waals surface area (Å²) in [6.07, 6.45) is 1.43. The van der Waals surface area contributed by atoms with Crippen LogP contribution in [0.1, 0.15) is 49.1 Å². The van der Waals surface area contributed by atoms with Gasteiger partial charge in [-0.25, -0.2) is 9.78 Å². The third-order valence-corrected chi connectivity index (χ3v) is 8.97. The molecule has 6 rings (SSSR count). The molecule has 4 atom stereocenters. The highest BCUT2D eigenvalue weighted by molar-refractivity contribution is 5.84. The molecule has 0 bridgehead atoms. The fraction of sp³-hybridized carbons (Fsp3) is 0.263. The summed E-state index contributed by atoms with van der Waals surface area (Å²) in [6, 6.07) is 26.5. The first-order valence-corrected chi connectivity index (χ1v) is 16.0. The number of aliphatic hydroxyl groups is 1. The van der Waals surface area contributed by atoms with Gasteiger partial charge in [0, 0.05) is 24.9 Å². The summed E-state index contributed by atoms with van der Waals surface area (Å²) in [5.41, 5.74) is 3.16. The van der Waals surface area contributed by atoms with E-state index in [0.717, 1.165) is 27.4 Å². The zero-order chi connectivity index (χ0) is 34.5. The Bertz CT molecular complexity index is 1990. The maximum absolute atomic E-state index is 14.1. The Morgan fingerprint density at radius 3 is 2.43 bits per heavy atom. The predicted octanol–water partition coefficient (Wildman–Crippen LogP) is 6.24. The zero-order valence-electron chi connectivity index (χ0n) is 26.8. The number of carboxylic acids is 2. The molecule has 0 aliphatic carbocycles. The van der Waals surface area contributed by atoms with Crippen LogP contribution >= 0.6 is 0 Å². The van der Waals surface area contributed by atoms with Crippen molar-refractivity contribution in [1.82, 2.24) is 9.88 Å². The van der Waals surface area contributed by atoms with Crippen molar-refractivity contribution in [2.75, 3.05) is 6.79 Å². The van der Waals surface area contributed by atoms with Crippen molar-refractivity contribution in [3.63, 3.8) is 0 Å². The van der Waals surface area contributed by atoms with E-state index < -0.39 is 30.0 Å². The van der Waals surface area contributed by atoms with Gasteiger partial charge in [-0.15, -0.1) is 0 Å². The van der Waals surface area contributed by atoms with Gasteiger partial charge in [0.05, 0.1) is 5.92 Å². The number of aromatic nitrogens is 1. The number of ether oxygens (including phenoxy) is 2. The maximum Gasteiger partial charge on any atom is 0.333 e. The summed E-state index contributed by atoms with van der Waals surface area (Å²) < 4.78 is 17.1. The van der Waals surface area contributed by atoms with E-state index in [-0.39, 0.29) is 38.0 Å². The van der Waals surface area contributed by atoms with Crippen LogP contribution in [0.15, 0.2) is 95.4 Å². The second-order valence-electron chi connectivity index (χ2n) is 12.1. The van der Waals surface area contributed by atoms with Crippen LogP contribution in [0, 0.1) is 5.92 Å². The molecule has 2 heterocycles. The third kappa shape index (κ3) is 7.57. The van der Waals surface area contributed by atoms with Gasteiger partial charge < -0.3 is 34.1 Å². The van der Waals surface area contributed by atoms with Gasteiger partial charge in [0.15, 0.2) is 23.2 Å². The molecule has 1 amide bonds. The van der Waals surface area contributed by atoms with E-state index in [1.807, 2.05) is 97.9 Å². The van der Waals surface area contributed by atoms with Gasteiger partial charge in [0.2, 0.25) is 18.6 Å². The van der Waals surface area contributed by atoms with Crippen LogP contribution < -0.4 is 9.47 Å². The minimum atomic E-state index is -2.14. The molecule has 11 nitrogen and oxygen atoms in total. The number of allylic oxidation sites excluding steroid dienone is 1. The van der Waals surface area contributed by atoms with E-state index in [1.54, 1.807) is 11.0 Å². The highest BCUT2D eigenvalue weighted by atomic mass is 16.7. The van der Waals surface area contributed by atoms with Gasteiger partial charge in [-0.05, 0) is 78.1 Å². The molecule has 0 spiro atoms. The van der Waals surface area contributed by atoms with Crippen molar-refractivity contribution in [3.8, 4) is 11.5 Å². The van der Waals surface area contributed by atoms with Crippen LogP contribution in [-0.2, 0) is 20.9 Å². The summed E-state index contributed by atoms with van der Waals surface area (Å²) in [5, 5.41) is 31.0. The monoisotopic (exact) mass is 664 g/mol. The molecular weight excluding hydrogens is 628 g/mol. The highest BCUT2D eigenvalue weighted by Gasteiger charge is 2.34. The Labute approximate surface area is 282 Å². The molecule has 0 saturated heterocycles. The van der Waals surface area contributed by atoms with Crippen LogP contribution in [0.5, 0.6) is 11.5 Å². The lowest BCUT2D eigenvalue weighted by atomic mass is 9.87. The Balaban J connectivity index is 1.33. The number of aliphatic carboxylic acids is 2. The van der Waals surface area contributed by atoms with Crippen LogP contribution in [0.3, 0.4) is 0 Å². The maximum atomic E-state index is 14.1. The second-order valence-corrected chi connectivity index (χ2v) is 12.1. The number of benzene rings is 4. The number of rotatable bonds is 14. The quantitative estimate of drug-likeness (QED) is 0.124. The van der Waals surface area contributed by atoms with Crippen LogP contribution in [-0.4, -0.2) is 62.0 Å². The van der Waals surface area contributed by atoms with Crippen LogP contribution in [0.25, 0.3) is 27.9 Å². The van der Waals surface area contributed by atoms with Gasteiger partial charge in [-0.2, -0.15) is 0 Å². The second kappa shape index (κ2) is 14.6. The highest BCUT2D eigenvalue weighted by Crippen LogP contribution is 2.38. The zero-order valence-corrected chi connectivity index (χ0v) is 26.8. The molecule has 252 valence electrons. The molecule has 49 heavy (non-hydrogen) atoms. The van der Waals surface area contributed by atoms with Crippen molar-refractivity contribution in [3.05, 3.63) is 108 Å². The van der Waals surface area contributed by atoms with Crippen LogP contribution in [0.4, 0.5) is 0 Å². The number of fused-ring (bicyclic) bond motifs is 3. The number of carbonyl (C=O) groups excluding carboxylic acids is 1. The lowest BCUT2D eigenvalue weighted by molar-refractivity contribution is -0.160. The van der Waals surface area contributed by atoms with Crippen molar-refractivity contribution >= 4 is 45.8 Å². The molecule has 0 radical (unpaired) electrons. The minimum Gasteiger partial charge on any atom is -0.481 e. The summed E-state index contributed by atoms with van der Waals surface area (Å²) >= 11 is 0. The average Bonchev–Trinajstić information content (AvgIpc) is 3.75. The van der Waals surface area contributed by atoms with E-state index in [2.05, 4.69) is 4.98 Å². The molecular formula is C38H36N2O9. The summed E-state index contributed by atoms with van der Waals surface area (Å²) in [4.78, 5) is 43.6. The Morgan fingerprint density at radius 2 is 1.65 bits per heavy atom. The van der Waals surface area contributed by atoms with Crippen molar-refractivity contribution in [2.24, 2.45) is 5.92 Å². The topological polar surface area (TPSA) is 160 Å². The Morgan fingerprint density at radius 1 is 0.898 bits per heavy atom. The largest absolute Gasteiger partial charge is 0.481 e. The molecule has 1 aromatic heterocycles. The van der Waals surface area contributed by atoms with E-state index in [4.69, 9.17) is 13.9 Å². The van der Waals surface area contributed by atoms with Gasteiger partial charge in [-0.3, -0.25) is 9.59 Å². The molecule has 0 fully saturated rings. The summed E-state index contributed by atoms with van der Waals surface area (Å²) in [5.74, 6) is -3.79. The molecule has 4 aromatic carbocycles. The van der Waals surface area contributed by atoms with E-state index >= 15 is 0 Å². The molecule has 5 aromatic rings. The number of carbonyl (C=O) groups is 3. The SMILES string of the molecule is CC(C(CC=Cc1nc2ccccc2o1)c1ccc2c(c1)OCO2)N(Cc1ccc2ccccc2c1)C(=O)CC[C@@H](C(=O)O)[C@H](O)C(=O)O. The first-order chi connectivity index (χ1) is 23.7. The molecule has 1 aliphatic heterocycles. The van der Waals surface area contributed by atoms with Gasteiger partial charge in [-0.1, -0.05) is 60.7 Å². The van der Waals surface area contributed by atoms with E-state index in [1.165, 1.54) is 0 Å². The summed E-state index contributed by atoms with van der Waals surface area (Å²) in [6.45, 7) is 2.25. The van der Waals surface area contributed by atoms with Crippen molar-refractivity contribution in [2.45, 2.75) is 50.8 Å². The standard InChI is InChI=1S/C38H36N2O9/c1-23(28(27-15-17-32-33(20-27)48-22-47-32)9-6-12-34-39-30-10-4-5-11-31(30)49-34)40(21-24-13-14-25-7-2-3-8-26(25)19-24)35(41)18-16-29(37(43)44)36(42)38(45)46/h2-8,10-15,17,19-20,23,28-29,36,42H,9,16,18,21-22H2,1H3,(H,43,44)(H,45,46)/t23?,28?,29-,36+/m1/s1. The number of hydrogen-bond donors (Lipinski definition) is 3. The number of nitrogens with zero attached hydrogens (tertiary/aromatic N) is 2. The normalized spacial score (nSPS) is 14.9. The molecule has 11 heteroatoms. The predicted molar refractivity (Wildman–Crippen MR) is 181 cm³/mol. The minimum absolute atomic E-state index is 0.107. The summed E-state index contributed by atoms with van der Waals surface area (Å²) in [7, 11) is 0. The number of amides is 1. The smallest absolute Gasteiger partial charge is 0.333 e. The first kappa shape index (κ1) is 33.2. The Hall–Kier alpha value is -5.68. The van der Waals surface area contributed by atoms with Crippen molar-refractivity contribution < 1.29 is 43.6 Å². The number of hydrogen-bond acceptors (Lipinski definition) is 8. The van der Waals surface area contributed by atoms with Gasteiger partial charge in [0.1, 0.15) is 5.52 Å². The van der Waals surface area contributed by atoms with Gasteiger partial charge in [0.25, 0.3) is 0 Å². The Kier molecular flexibility index (Phi) is 9.91. The number of aliphatic hydroxyl groups excluding tert-OH is 1. The number of carboxylic acid groups (broad SMARTS) is 2. The van der Waals surface area contributed by atoms with Crippen LogP contribution in [0.2, 0.25) is 0 Å². The fourth-order valence-electron chi connectivity index (χ4n) is 6.25. The molecule has 0 saturated carbocycles. The average molecular weight is 665 g/mol. The lowest BCUT2D eigenvalue weighted by Gasteiger charge is -2.35. The lowest BCUT2D eigenvalue weighted by Crippen LogP contribution is -2.42. The van der Waals surface area contributed by atoms with Crippen molar-refractivity contribution in [1.29, 1.82) is 0 Å². The number of para-hydroxylation sites is 2. The van der Waals surface area contributed by atoms with Gasteiger partial charge >= 0.3 is 11.9 Å². The van der Waals surface area contributed by atoms with E-state index in [9.17, 15) is 29.7 Å². The molecule has 3 N–H and O–H groups in total. The molecule has 1 aliphatic rings. The van der Waals surface area contributed by atoms with E-state index in [0.29, 0.717) is 29.4 Å². The third-order valence-electron chi connectivity index (χ3n) is 8.97. The first-order valence-electron chi connectivity index (χ1n) is 16.0.